The topological polar surface area (TPSA) is 262 Å². The van der Waals surface area contributed by atoms with Crippen molar-refractivity contribution in [3.63, 3.8) is 0 Å². The molecule has 6 rings (SSSR count). The number of aryl methyl sites for hydroxylation is 2. The summed E-state index contributed by atoms with van der Waals surface area (Å²) in [7, 11) is 0. The third-order valence-corrected chi connectivity index (χ3v) is 11.1. The number of rotatable bonds is 16. The summed E-state index contributed by atoms with van der Waals surface area (Å²) in [6, 6.07) is 20.4. The fraction of sp³-hybridized carbons (Fsp3) is 0.240. The maximum Gasteiger partial charge on any atom is 0.254 e. The van der Waals surface area contributed by atoms with Crippen LogP contribution in [0.4, 0.5) is 0 Å². The quantitative estimate of drug-likeness (QED) is 0.0206. The number of hydrogen-bond acceptors (Lipinski definition) is 13. The number of Topliss-reactive ketones (excluding diaryl/α,β-unsaturated/α-hetero) is 1. The van der Waals surface area contributed by atoms with Gasteiger partial charge in [0.2, 0.25) is 5.91 Å². The molecule has 0 unspecified atom stereocenters. The van der Waals surface area contributed by atoms with Crippen molar-refractivity contribution in [2.24, 2.45) is 10.2 Å². The largest absolute Gasteiger partial charge is 0.507 e. The van der Waals surface area contributed by atoms with Gasteiger partial charge in [-0.3, -0.25) is 19.2 Å². The van der Waals surface area contributed by atoms with Crippen LogP contribution in [0.2, 0.25) is 0 Å². The Morgan fingerprint density at radius 3 is 1.47 bits per heavy atom. The monoisotopic (exact) mass is 896 g/mol. The number of ketones is 1. The van der Waals surface area contributed by atoms with Crippen molar-refractivity contribution in [3.05, 3.63) is 117 Å². The average molecular weight is 897 g/mol. The van der Waals surface area contributed by atoms with Gasteiger partial charge in [-0.15, -0.1) is 0 Å². The van der Waals surface area contributed by atoms with E-state index in [2.05, 4.69) is 31.7 Å². The van der Waals surface area contributed by atoms with Gasteiger partial charge in [-0.25, -0.2) is 10.9 Å². The minimum Gasteiger partial charge on any atom is -0.507 e. The van der Waals surface area contributed by atoms with Gasteiger partial charge in [0.15, 0.2) is 28.8 Å². The molecule has 0 aliphatic carbocycles. The Bertz CT molecular complexity index is 2730. The van der Waals surface area contributed by atoms with E-state index in [0.717, 1.165) is 12.4 Å². The van der Waals surface area contributed by atoms with Crippen molar-refractivity contribution >= 4 is 57.5 Å². The Morgan fingerprint density at radius 1 is 0.576 bits per heavy atom. The maximum atomic E-state index is 12.7. The molecule has 0 bridgehead atoms. The van der Waals surface area contributed by atoms with E-state index >= 15 is 0 Å². The van der Waals surface area contributed by atoms with E-state index in [1.54, 1.807) is 114 Å². The van der Waals surface area contributed by atoms with Crippen molar-refractivity contribution in [3.8, 4) is 45.6 Å². The number of benzene rings is 6. The highest BCUT2D eigenvalue weighted by atomic mass is 16.3. The third kappa shape index (κ3) is 9.73. The summed E-state index contributed by atoms with van der Waals surface area (Å²) < 4.78 is 0. The minimum absolute atomic E-state index is 0.000351. The Morgan fingerprint density at radius 2 is 1.02 bits per heavy atom. The van der Waals surface area contributed by atoms with E-state index in [1.165, 1.54) is 0 Å². The second-order valence-electron chi connectivity index (χ2n) is 16.4. The molecule has 342 valence electrons. The van der Waals surface area contributed by atoms with Crippen molar-refractivity contribution in [2.45, 2.75) is 59.8 Å². The lowest BCUT2D eigenvalue weighted by Crippen LogP contribution is -2.34. The zero-order chi connectivity index (χ0) is 48.0. The highest BCUT2D eigenvalue weighted by Gasteiger charge is 2.30. The molecule has 6 aromatic rings. The van der Waals surface area contributed by atoms with Gasteiger partial charge in [-0.05, 0) is 59.7 Å². The summed E-state index contributed by atoms with van der Waals surface area (Å²) in [6.45, 7) is 10.1. The number of nitrogens with one attached hydrogen (secondary N) is 4. The van der Waals surface area contributed by atoms with Crippen LogP contribution in [0.1, 0.15) is 100 Å². The number of carbonyl (C=O) groups is 4. The van der Waals surface area contributed by atoms with E-state index in [0.29, 0.717) is 44.2 Å². The first-order valence-corrected chi connectivity index (χ1v) is 21.2. The van der Waals surface area contributed by atoms with Crippen LogP contribution in [0.25, 0.3) is 32.7 Å². The first kappa shape index (κ1) is 47.5. The molecule has 0 spiro atoms. The minimum atomic E-state index is -0.638. The molecule has 6 aromatic carbocycles. The van der Waals surface area contributed by atoms with Crippen LogP contribution >= 0.6 is 0 Å². The van der Waals surface area contributed by atoms with Gasteiger partial charge in [0, 0.05) is 57.1 Å². The van der Waals surface area contributed by atoms with Crippen LogP contribution in [0.5, 0.6) is 34.5 Å². The van der Waals surface area contributed by atoms with Crippen LogP contribution in [0, 0.1) is 13.8 Å². The molecular weight excluding hydrogens is 845 g/mol. The molecule has 0 aliphatic heterocycles. The fourth-order valence-electron chi connectivity index (χ4n) is 8.05. The summed E-state index contributed by atoms with van der Waals surface area (Å²) in [5, 5.41) is 84.4. The second kappa shape index (κ2) is 20.2. The van der Waals surface area contributed by atoms with Crippen molar-refractivity contribution in [1.29, 1.82) is 0 Å². The summed E-state index contributed by atoms with van der Waals surface area (Å²) in [6.07, 6.45) is 1.99. The molecule has 3 amide bonds. The van der Waals surface area contributed by atoms with Crippen molar-refractivity contribution < 1.29 is 49.8 Å². The molecule has 0 radical (unpaired) electrons. The van der Waals surface area contributed by atoms with Crippen LogP contribution in [-0.2, 0) is 9.59 Å². The summed E-state index contributed by atoms with van der Waals surface area (Å²) in [4.78, 5) is 50.3. The maximum absolute atomic E-state index is 12.7. The van der Waals surface area contributed by atoms with Crippen LogP contribution in [0.3, 0.4) is 0 Å². The smallest absolute Gasteiger partial charge is 0.254 e. The molecular formula is C50H52N6O10. The lowest BCUT2D eigenvalue weighted by molar-refractivity contribution is -0.121. The SMILES string of the molecule is Cc1cc2c(C(C)C)c(O)c(O)c(/C=N\NC(=O)CCNC(=O)c3ccccc3)c2c(O)c1-c1c(C)cc2c(C(C)C)c(O)c(O)c(/C=N\NC(=O)CNCC(=O)c3ccccc3)c2c1O. The molecule has 0 aromatic heterocycles. The number of hydrogen-bond donors (Lipinski definition) is 10. The molecule has 0 fully saturated rings. The predicted molar refractivity (Wildman–Crippen MR) is 253 cm³/mol. The Balaban J connectivity index is 1.39. The Kier molecular flexibility index (Phi) is 14.6. The van der Waals surface area contributed by atoms with Crippen LogP contribution in [-0.4, -0.2) is 86.2 Å². The van der Waals surface area contributed by atoms with Gasteiger partial charge < -0.3 is 41.3 Å². The number of phenolic OH excluding ortho intramolecular Hbond substituents is 6. The normalized spacial score (nSPS) is 11.6. The lowest BCUT2D eigenvalue weighted by Gasteiger charge is -2.23. The number of carbonyl (C=O) groups excluding carboxylic acids is 4. The number of aromatic hydroxyl groups is 6. The first-order chi connectivity index (χ1) is 31.4. The van der Waals surface area contributed by atoms with Crippen LogP contribution < -0.4 is 21.5 Å². The molecule has 0 aliphatic rings. The van der Waals surface area contributed by atoms with E-state index in [4.69, 9.17) is 0 Å². The standard InChI is InChI=1S/C50H52N6O10/c1-25(2)38-31-19-27(5)40(46(62)42(31)33(44(60)48(38)64)21-53-55-36(58)17-18-52-50(66)30-15-11-8-12-16-30)41-28(6)20-32-39(26(3)4)49(65)45(61)34(43(32)47(41)63)22-54-56-37(59)24-51-23-35(57)29-13-9-7-10-14-29/h7-16,19-22,25-26,51,60-65H,17-18,23-24H2,1-6H3,(H,52,66)(H,55,58)(H,56,59)/b53-21-,54-22-. The van der Waals surface area contributed by atoms with Crippen molar-refractivity contribution in [2.75, 3.05) is 19.6 Å². The summed E-state index contributed by atoms with van der Waals surface area (Å²) in [5.74, 6) is -5.58. The van der Waals surface area contributed by atoms with Gasteiger partial charge in [-0.2, -0.15) is 10.2 Å². The van der Waals surface area contributed by atoms with Gasteiger partial charge in [0.1, 0.15) is 11.5 Å². The van der Waals surface area contributed by atoms with Crippen LogP contribution in [0.15, 0.2) is 83.0 Å². The Hall–Kier alpha value is -7.98. The zero-order valence-electron chi connectivity index (χ0n) is 37.3. The van der Waals surface area contributed by atoms with E-state index in [-0.39, 0.29) is 82.6 Å². The Labute approximate surface area is 380 Å². The molecule has 0 heterocycles. The summed E-state index contributed by atoms with van der Waals surface area (Å²) >= 11 is 0. The van der Waals surface area contributed by atoms with Crippen molar-refractivity contribution in [1.82, 2.24) is 21.5 Å². The van der Waals surface area contributed by atoms with Gasteiger partial charge in [0.25, 0.3) is 11.8 Å². The van der Waals surface area contributed by atoms with E-state index in [1.807, 2.05) is 0 Å². The number of hydrazone groups is 2. The summed E-state index contributed by atoms with van der Waals surface area (Å²) in [5.41, 5.74) is 6.96. The molecule has 66 heavy (non-hydrogen) atoms. The van der Waals surface area contributed by atoms with Gasteiger partial charge in [-0.1, -0.05) is 88.4 Å². The van der Waals surface area contributed by atoms with Gasteiger partial charge in [0.05, 0.1) is 36.6 Å². The molecule has 0 saturated heterocycles. The van der Waals surface area contributed by atoms with E-state index in [9.17, 15) is 49.8 Å². The zero-order valence-corrected chi connectivity index (χ0v) is 37.3. The highest BCUT2D eigenvalue weighted by Crippen LogP contribution is 2.54. The predicted octanol–water partition coefficient (Wildman–Crippen LogP) is 6.95. The second-order valence-corrected chi connectivity index (χ2v) is 16.4. The molecule has 10 N–H and O–H groups in total. The molecule has 0 saturated carbocycles. The molecule has 16 nitrogen and oxygen atoms in total. The fourth-order valence-corrected chi connectivity index (χ4v) is 8.05. The highest BCUT2D eigenvalue weighted by molar-refractivity contribution is 6.15. The third-order valence-electron chi connectivity index (χ3n) is 11.1. The number of nitrogens with zero attached hydrogens (tertiary/aromatic N) is 2. The first-order valence-electron chi connectivity index (χ1n) is 21.2. The number of phenols is 6. The molecule has 16 heteroatoms. The van der Waals surface area contributed by atoms with E-state index < -0.39 is 46.3 Å². The number of fused-ring (bicyclic) bond motifs is 2. The molecule has 0 atom stereocenters. The average Bonchev–Trinajstić information content (AvgIpc) is 3.27. The lowest BCUT2D eigenvalue weighted by atomic mass is 9.83. The number of amides is 3. The van der Waals surface area contributed by atoms with Gasteiger partial charge >= 0.3 is 0 Å².